The van der Waals surface area contributed by atoms with Crippen LogP contribution in [0.3, 0.4) is 0 Å². The summed E-state index contributed by atoms with van der Waals surface area (Å²) in [5.41, 5.74) is 2.66. The number of nitrogens with one attached hydrogen (secondary N) is 1. The predicted molar refractivity (Wildman–Crippen MR) is 75.1 cm³/mol. The summed E-state index contributed by atoms with van der Waals surface area (Å²) >= 11 is 0. The minimum absolute atomic E-state index is 0.0667. The van der Waals surface area contributed by atoms with E-state index in [4.69, 9.17) is 0 Å². The monoisotopic (exact) mass is 286 g/mol. The lowest BCUT2D eigenvalue weighted by Crippen LogP contribution is -2.51. The fourth-order valence-electron chi connectivity index (χ4n) is 3.13. The Kier molecular flexibility index (Phi) is 2.51. The van der Waals surface area contributed by atoms with E-state index in [1.54, 1.807) is 4.90 Å². The van der Waals surface area contributed by atoms with Crippen LogP contribution in [0.2, 0.25) is 0 Å². The summed E-state index contributed by atoms with van der Waals surface area (Å²) in [5, 5.41) is 2.56. The van der Waals surface area contributed by atoms with E-state index in [1.165, 1.54) is 6.07 Å². The fourth-order valence-corrected chi connectivity index (χ4v) is 3.13. The van der Waals surface area contributed by atoms with Crippen LogP contribution in [-0.4, -0.2) is 11.9 Å². The van der Waals surface area contributed by atoms with Crippen molar-refractivity contribution in [3.05, 3.63) is 59.2 Å². The molecule has 2 heterocycles. The van der Waals surface area contributed by atoms with Crippen LogP contribution in [0.4, 0.5) is 20.2 Å². The Morgan fingerprint density at radius 1 is 1.14 bits per heavy atom. The lowest BCUT2D eigenvalue weighted by molar-refractivity contribution is -0.117. The van der Waals surface area contributed by atoms with Gasteiger partial charge in [-0.1, -0.05) is 24.3 Å². The SMILES string of the molecule is O=C1Nc2c(F)cc(F)cc2N2Cc3ccccc3CC12. The number of carbonyl (C=O) groups is 1. The second kappa shape index (κ2) is 4.28. The Morgan fingerprint density at radius 2 is 1.90 bits per heavy atom. The molecule has 2 aliphatic rings. The average molecular weight is 286 g/mol. The summed E-state index contributed by atoms with van der Waals surface area (Å²) in [6.07, 6.45) is 0.541. The first-order chi connectivity index (χ1) is 10.1. The Balaban J connectivity index is 1.87. The minimum atomic E-state index is -0.740. The van der Waals surface area contributed by atoms with Crippen LogP contribution < -0.4 is 10.2 Å². The highest BCUT2D eigenvalue weighted by molar-refractivity contribution is 6.04. The number of anilines is 2. The van der Waals surface area contributed by atoms with Gasteiger partial charge in [-0.3, -0.25) is 4.79 Å². The van der Waals surface area contributed by atoms with Gasteiger partial charge in [-0.05, 0) is 17.2 Å². The fraction of sp³-hybridized carbons (Fsp3) is 0.188. The van der Waals surface area contributed by atoms with E-state index >= 15 is 0 Å². The Labute approximate surface area is 120 Å². The molecule has 2 aliphatic heterocycles. The van der Waals surface area contributed by atoms with Gasteiger partial charge in [0.2, 0.25) is 5.91 Å². The molecule has 21 heavy (non-hydrogen) atoms. The molecule has 0 aliphatic carbocycles. The van der Waals surface area contributed by atoms with E-state index in [9.17, 15) is 13.6 Å². The zero-order valence-electron chi connectivity index (χ0n) is 11.1. The van der Waals surface area contributed by atoms with Crippen LogP contribution in [0.5, 0.6) is 0 Å². The summed E-state index contributed by atoms with van der Waals surface area (Å²) < 4.78 is 27.4. The zero-order valence-corrected chi connectivity index (χ0v) is 11.1. The van der Waals surface area contributed by atoms with Crippen molar-refractivity contribution in [1.82, 2.24) is 0 Å². The molecule has 0 aromatic heterocycles. The van der Waals surface area contributed by atoms with E-state index in [-0.39, 0.29) is 11.6 Å². The van der Waals surface area contributed by atoms with Crippen LogP contribution in [0, 0.1) is 11.6 Å². The third kappa shape index (κ3) is 1.81. The lowest BCUT2D eigenvalue weighted by atomic mass is 9.91. The summed E-state index contributed by atoms with van der Waals surface area (Å²) in [5.74, 6) is -1.63. The maximum atomic E-state index is 13.9. The number of fused-ring (bicyclic) bond motifs is 4. The van der Waals surface area contributed by atoms with Crippen molar-refractivity contribution < 1.29 is 13.6 Å². The number of benzene rings is 2. The molecular weight excluding hydrogens is 274 g/mol. The molecule has 0 bridgehead atoms. The summed E-state index contributed by atoms with van der Waals surface area (Å²) in [7, 11) is 0. The second-order valence-corrected chi connectivity index (χ2v) is 5.39. The van der Waals surface area contributed by atoms with Crippen molar-refractivity contribution in [3.63, 3.8) is 0 Å². The van der Waals surface area contributed by atoms with E-state index in [0.29, 0.717) is 18.7 Å². The van der Waals surface area contributed by atoms with Gasteiger partial charge < -0.3 is 10.2 Å². The minimum Gasteiger partial charge on any atom is -0.353 e. The van der Waals surface area contributed by atoms with Crippen molar-refractivity contribution in [2.24, 2.45) is 0 Å². The third-order valence-electron chi connectivity index (χ3n) is 4.14. The second-order valence-electron chi connectivity index (χ2n) is 5.39. The molecule has 2 aromatic rings. The quantitative estimate of drug-likeness (QED) is 0.807. The number of amides is 1. The number of hydrogen-bond donors (Lipinski definition) is 1. The van der Waals surface area contributed by atoms with Gasteiger partial charge in [0.15, 0.2) is 5.82 Å². The molecule has 0 radical (unpaired) electrons. The number of rotatable bonds is 0. The smallest absolute Gasteiger partial charge is 0.247 e. The largest absolute Gasteiger partial charge is 0.353 e. The standard InChI is InChI=1S/C16H12F2N2O/c17-11-6-12(18)15-13(7-11)20-8-10-4-2-1-3-9(10)5-14(20)16(21)19-15/h1-4,6-7,14H,5,8H2,(H,19,21). The first-order valence-corrected chi connectivity index (χ1v) is 6.77. The molecule has 5 heteroatoms. The molecule has 0 spiro atoms. The maximum absolute atomic E-state index is 13.9. The predicted octanol–water partition coefficient (Wildman–Crippen LogP) is 2.85. The van der Waals surface area contributed by atoms with E-state index in [1.807, 2.05) is 24.3 Å². The van der Waals surface area contributed by atoms with Crippen molar-refractivity contribution in [2.75, 3.05) is 10.2 Å². The van der Waals surface area contributed by atoms with Gasteiger partial charge in [-0.2, -0.15) is 0 Å². The summed E-state index contributed by atoms with van der Waals surface area (Å²) in [4.78, 5) is 14.0. The number of hydrogen-bond acceptors (Lipinski definition) is 2. The first-order valence-electron chi connectivity index (χ1n) is 6.77. The first kappa shape index (κ1) is 12.3. The molecule has 1 N–H and O–H groups in total. The number of carbonyl (C=O) groups excluding carboxylic acids is 1. The highest BCUT2D eigenvalue weighted by atomic mass is 19.1. The number of nitrogens with zero attached hydrogens (tertiary/aromatic N) is 1. The maximum Gasteiger partial charge on any atom is 0.247 e. The van der Waals surface area contributed by atoms with Crippen molar-refractivity contribution in [3.8, 4) is 0 Å². The topological polar surface area (TPSA) is 32.3 Å². The molecule has 0 saturated carbocycles. The molecule has 3 nitrogen and oxygen atoms in total. The highest BCUT2D eigenvalue weighted by Crippen LogP contribution is 2.39. The van der Waals surface area contributed by atoms with Crippen LogP contribution in [0.25, 0.3) is 0 Å². The highest BCUT2D eigenvalue weighted by Gasteiger charge is 2.37. The summed E-state index contributed by atoms with van der Waals surface area (Å²) in [6.45, 7) is 0.476. The van der Waals surface area contributed by atoms with Gasteiger partial charge >= 0.3 is 0 Å². The Morgan fingerprint density at radius 3 is 2.71 bits per heavy atom. The molecule has 106 valence electrons. The zero-order chi connectivity index (χ0) is 14.6. The van der Waals surface area contributed by atoms with Crippen LogP contribution in [-0.2, 0) is 17.8 Å². The van der Waals surface area contributed by atoms with Gasteiger partial charge in [-0.25, -0.2) is 8.78 Å². The molecule has 1 unspecified atom stereocenters. The van der Waals surface area contributed by atoms with Gasteiger partial charge in [-0.15, -0.1) is 0 Å². The van der Waals surface area contributed by atoms with Crippen LogP contribution >= 0.6 is 0 Å². The van der Waals surface area contributed by atoms with Crippen molar-refractivity contribution >= 4 is 17.3 Å². The molecule has 2 aromatic carbocycles. The molecular formula is C16H12F2N2O. The van der Waals surface area contributed by atoms with Crippen LogP contribution in [0.15, 0.2) is 36.4 Å². The van der Waals surface area contributed by atoms with E-state index < -0.39 is 17.7 Å². The van der Waals surface area contributed by atoms with Gasteiger partial charge in [0.1, 0.15) is 17.5 Å². The Bertz CT molecular complexity index is 760. The Hall–Kier alpha value is -2.43. The molecule has 0 saturated heterocycles. The molecule has 1 amide bonds. The van der Waals surface area contributed by atoms with E-state index in [2.05, 4.69) is 5.32 Å². The normalized spacial score (nSPS) is 19.4. The lowest BCUT2D eigenvalue weighted by Gasteiger charge is -2.41. The summed E-state index contributed by atoms with van der Waals surface area (Å²) in [6, 6.07) is 9.47. The van der Waals surface area contributed by atoms with Gasteiger partial charge in [0, 0.05) is 19.0 Å². The molecule has 4 rings (SSSR count). The van der Waals surface area contributed by atoms with E-state index in [0.717, 1.165) is 17.2 Å². The number of halogens is 2. The molecule has 1 atom stereocenters. The van der Waals surface area contributed by atoms with Crippen molar-refractivity contribution in [1.29, 1.82) is 0 Å². The van der Waals surface area contributed by atoms with Crippen molar-refractivity contribution in [2.45, 2.75) is 19.0 Å². The third-order valence-corrected chi connectivity index (χ3v) is 4.14. The van der Waals surface area contributed by atoms with Gasteiger partial charge in [0.25, 0.3) is 0 Å². The van der Waals surface area contributed by atoms with Crippen LogP contribution in [0.1, 0.15) is 11.1 Å². The van der Waals surface area contributed by atoms with Gasteiger partial charge in [0.05, 0.1) is 5.69 Å². The average Bonchev–Trinajstić information content (AvgIpc) is 2.47. The molecule has 0 fully saturated rings.